The zero-order valence-corrected chi connectivity index (χ0v) is 64.4. The molecular weight excluding hydrogens is 1350 g/mol. The Morgan fingerprint density at radius 2 is 0.806 bits per heavy atom. The number of ether oxygens (including phenoxy) is 7. The van der Waals surface area contributed by atoms with Gasteiger partial charge in [0.25, 0.3) is 0 Å². The fourth-order valence-electron chi connectivity index (χ4n) is 13.6. The minimum atomic E-state index is -5.71. The summed E-state index contributed by atoms with van der Waals surface area (Å²) >= 11 is 0. The maximum atomic E-state index is 14.4. The fraction of sp³-hybridized carbons (Fsp3) is 0.910. The van der Waals surface area contributed by atoms with Crippen molar-refractivity contribution in [3.8, 4) is 0 Å². The first kappa shape index (κ1) is 94.6. The Labute approximate surface area is 617 Å². The lowest BCUT2D eigenvalue weighted by Crippen LogP contribution is -2.69. The second-order valence-corrected chi connectivity index (χ2v) is 30.9. The van der Waals surface area contributed by atoms with Gasteiger partial charge >= 0.3 is 25.7 Å². The maximum Gasteiger partial charge on any atom is 0.472 e. The largest absolute Gasteiger partial charge is 0.472 e. The summed E-state index contributed by atoms with van der Waals surface area (Å²) in [5.74, 6) is -1.53. The highest BCUT2D eigenvalue weighted by Gasteiger charge is 2.58. The van der Waals surface area contributed by atoms with Crippen molar-refractivity contribution in [3.63, 3.8) is 0 Å². The molecule has 1 aliphatic carbocycles. The Kier molecular flexibility index (Phi) is 53.7. The molecule has 2 aliphatic heterocycles. The van der Waals surface area contributed by atoms with E-state index in [9.17, 15) is 74.9 Å². The van der Waals surface area contributed by atoms with E-state index in [-0.39, 0.29) is 12.8 Å². The molecule has 1 saturated carbocycles. The summed E-state index contributed by atoms with van der Waals surface area (Å²) in [5, 5.41) is 110. The smallest absolute Gasteiger partial charge is 0.462 e. The number of aliphatic hydroxyl groups is 10. The normalized spacial score (nSPS) is 27.3. The van der Waals surface area contributed by atoms with Crippen molar-refractivity contribution >= 4 is 25.7 Å². The topological polar surface area (TPSA) is 374 Å². The Hall–Kier alpha value is -2.56. The number of rotatable bonds is 63. The molecule has 103 heavy (non-hydrogen) atoms. The zero-order chi connectivity index (χ0) is 75.5. The van der Waals surface area contributed by atoms with Gasteiger partial charge in [-0.15, -0.1) is 0 Å². The van der Waals surface area contributed by atoms with Gasteiger partial charge in [-0.05, 0) is 31.6 Å². The predicted octanol–water partition coefficient (Wildman–Crippen LogP) is 12.3. The summed E-state index contributed by atoms with van der Waals surface area (Å²) < 4.78 is 65.1. The molecule has 2 heterocycles. The van der Waals surface area contributed by atoms with Crippen LogP contribution in [0, 0.1) is 5.92 Å². The van der Waals surface area contributed by atoms with Crippen LogP contribution in [0.4, 0.5) is 0 Å². The van der Waals surface area contributed by atoms with Crippen LogP contribution in [0.2, 0.25) is 0 Å². The van der Waals surface area contributed by atoms with Crippen LogP contribution in [-0.4, -0.2) is 204 Å². The number of esters is 3. The number of unbranched alkanes of at least 4 members (excludes halogenated alkanes) is 37. The molecule has 0 aromatic heterocycles. The molecule has 2 saturated heterocycles. The monoisotopic (exact) mass is 1490 g/mol. The third-order valence-corrected chi connectivity index (χ3v) is 21.2. The van der Waals surface area contributed by atoms with Crippen molar-refractivity contribution in [3.05, 3.63) is 24.3 Å². The quantitative estimate of drug-likeness (QED) is 0.00673. The van der Waals surface area contributed by atoms with Gasteiger partial charge in [-0.25, -0.2) is 9.36 Å². The second kappa shape index (κ2) is 58.4. The summed E-state index contributed by atoms with van der Waals surface area (Å²) in [4.78, 5) is 51.1. The van der Waals surface area contributed by atoms with Crippen molar-refractivity contribution in [1.29, 1.82) is 0 Å². The molecular formula is C78H143O24P. The first-order chi connectivity index (χ1) is 49.7. The van der Waals surface area contributed by atoms with Crippen molar-refractivity contribution < 1.29 is 117 Å². The molecule has 19 unspecified atom stereocenters. The summed E-state index contributed by atoms with van der Waals surface area (Å²) in [5.41, 5.74) is 0. The van der Waals surface area contributed by atoms with E-state index in [1.807, 2.05) is 6.08 Å². The second-order valence-electron chi connectivity index (χ2n) is 29.5. The van der Waals surface area contributed by atoms with Crippen molar-refractivity contribution in [1.82, 2.24) is 0 Å². The number of allylic oxidation sites excluding steroid dienone is 3. The minimum absolute atomic E-state index is 0.0409. The van der Waals surface area contributed by atoms with E-state index in [2.05, 4.69) is 27.7 Å². The molecule has 0 aromatic rings. The summed E-state index contributed by atoms with van der Waals surface area (Å²) in [7, 11) is -5.71. The van der Waals surface area contributed by atoms with Crippen LogP contribution in [0.25, 0.3) is 0 Å². The lowest BCUT2D eigenvalue weighted by Gasteiger charge is -2.49. The van der Waals surface area contributed by atoms with E-state index < -0.39 is 156 Å². The van der Waals surface area contributed by atoms with Crippen LogP contribution >= 0.6 is 7.82 Å². The van der Waals surface area contributed by atoms with E-state index in [1.165, 1.54) is 186 Å². The lowest BCUT2D eigenvalue weighted by atomic mass is 9.84. The molecule has 3 rings (SSSR count). The number of phosphoric acid groups is 1. The zero-order valence-electron chi connectivity index (χ0n) is 63.5. The molecule has 11 N–H and O–H groups in total. The van der Waals surface area contributed by atoms with Gasteiger partial charge in [0.05, 0.1) is 13.2 Å². The van der Waals surface area contributed by atoms with E-state index in [1.54, 1.807) is 6.08 Å². The molecule has 3 aliphatic rings. The molecule has 0 aromatic carbocycles. The van der Waals surface area contributed by atoms with Gasteiger partial charge < -0.3 is 89.1 Å². The van der Waals surface area contributed by atoms with Gasteiger partial charge in [-0.2, -0.15) is 0 Å². The third kappa shape index (κ3) is 41.2. The molecule has 0 radical (unpaired) electrons. The number of aliphatic hydroxyl groups excluding tert-OH is 10. The SMILES string of the molecule is CCCCCCCCCCCCC/C=C/C=C/C(=O)OCC1OC(OC2C(O)C(O)C(O)C(OC3OC(CO)C(O)C(O)C3O)C2OP(=O)(O)OCC(COC(=O)CCCCCCCCCCCCCCCCCCC)OC(=O)CCCCCCCCC(C)CCCCCCCC)C(O)C(O)C1O. The fourth-order valence-corrected chi connectivity index (χ4v) is 14.5. The van der Waals surface area contributed by atoms with E-state index in [0.717, 1.165) is 89.5 Å². The summed E-state index contributed by atoms with van der Waals surface area (Å²) in [6.45, 7) is 5.72. The van der Waals surface area contributed by atoms with Crippen molar-refractivity contribution in [2.24, 2.45) is 5.92 Å². The van der Waals surface area contributed by atoms with Gasteiger partial charge in [0.15, 0.2) is 18.7 Å². The molecule has 0 bridgehead atoms. The van der Waals surface area contributed by atoms with Crippen molar-refractivity contribution in [2.45, 2.75) is 421 Å². The van der Waals surface area contributed by atoms with E-state index in [0.29, 0.717) is 18.8 Å². The van der Waals surface area contributed by atoms with Gasteiger partial charge in [0, 0.05) is 18.9 Å². The number of hydrogen-bond donors (Lipinski definition) is 11. The standard InChI is InChI=1S/C78H143O24P/c1-5-8-11-14-17-19-21-23-25-26-28-30-31-33-35-41-46-51-62(80)94-55-59(97-64(82)53-48-43-38-37-40-45-50-58(4)49-44-39-16-13-10-7-3)56-96-103(92,93)102-76-74(100-77-72(90)67(85)65(83)60(54-79)98-77)70(88)69(87)71(89)75(76)101-78-73(91)68(86)66(84)61(99-78)57-95-63(81)52-47-42-36-34-32-29-27-24-22-20-18-15-12-9-6-2/h36,42,47,52,58-61,65-79,83-91H,5-35,37-41,43-46,48-51,53-57H2,1-4H3,(H,92,93)/b42-36+,52-47+. The van der Waals surface area contributed by atoms with Crippen LogP contribution in [0.15, 0.2) is 24.3 Å². The van der Waals surface area contributed by atoms with Gasteiger partial charge in [-0.3, -0.25) is 18.6 Å². The van der Waals surface area contributed by atoms with Crippen LogP contribution < -0.4 is 0 Å². The van der Waals surface area contributed by atoms with Gasteiger partial charge in [-0.1, -0.05) is 296 Å². The number of phosphoric ester groups is 1. The Morgan fingerprint density at radius 1 is 0.427 bits per heavy atom. The maximum absolute atomic E-state index is 14.4. The molecule has 3 fully saturated rings. The first-order valence-corrected chi connectivity index (χ1v) is 42.0. The average Bonchev–Trinajstić information content (AvgIpc) is 0.763. The Morgan fingerprint density at radius 3 is 1.24 bits per heavy atom. The summed E-state index contributed by atoms with van der Waals surface area (Å²) in [6, 6.07) is 0. The Balaban J connectivity index is 1.73. The van der Waals surface area contributed by atoms with E-state index in [4.69, 9.17) is 42.2 Å². The van der Waals surface area contributed by atoms with Crippen LogP contribution in [0.1, 0.15) is 317 Å². The van der Waals surface area contributed by atoms with Crippen molar-refractivity contribution in [2.75, 3.05) is 26.4 Å². The van der Waals surface area contributed by atoms with Gasteiger partial charge in [0.1, 0.15) is 98.7 Å². The first-order valence-electron chi connectivity index (χ1n) is 40.6. The Bertz CT molecular complexity index is 2230. The highest BCUT2D eigenvalue weighted by molar-refractivity contribution is 7.47. The molecule has 604 valence electrons. The van der Waals surface area contributed by atoms with E-state index >= 15 is 0 Å². The molecule has 0 spiro atoms. The molecule has 25 heteroatoms. The van der Waals surface area contributed by atoms with Crippen LogP contribution in [0.5, 0.6) is 0 Å². The highest BCUT2D eigenvalue weighted by Crippen LogP contribution is 2.49. The number of carbonyl (C=O) groups is 3. The van der Waals surface area contributed by atoms with Gasteiger partial charge in [0.2, 0.25) is 0 Å². The predicted molar refractivity (Wildman–Crippen MR) is 393 cm³/mol. The number of hydrogen-bond acceptors (Lipinski definition) is 23. The van der Waals surface area contributed by atoms with Crippen LogP contribution in [-0.2, 0) is 61.2 Å². The molecule has 0 amide bonds. The summed E-state index contributed by atoms with van der Waals surface area (Å²) in [6.07, 6.45) is 20.0. The lowest BCUT2D eigenvalue weighted by molar-refractivity contribution is -0.360. The molecule has 24 nitrogen and oxygen atoms in total. The highest BCUT2D eigenvalue weighted by atomic mass is 31.2. The average molecular weight is 1500 g/mol. The minimum Gasteiger partial charge on any atom is -0.462 e. The number of carbonyl (C=O) groups excluding carboxylic acids is 3. The van der Waals surface area contributed by atoms with Crippen LogP contribution in [0.3, 0.4) is 0 Å². The molecule has 19 atom stereocenters. The third-order valence-electron chi connectivity index (χ3n) is 20.2.